The summed E-state index contributed by atoms with van der Waals surface area (Å²) in [5.41, 5.74) is 2.54. The maximum absolute atomic E-state index is 6.43. The van der Waals surface area contributed by atoms with E-state index in [1.54, 1.807) is 7.11 Å². The van der Waals surface area contributed by atoms with E-state index in [9.17, 15) is 0 Å². The lowest BCUT2D eigenvalue weighted by molar-refractivity contribution is 0.0777. The zero-order valence-corrected chi connectivity index (χ0v) is 22.5. The predicted molar refractivity (Wildman–Crippen MR) is 148 cm³/mol. The molecule has 3 rings (SSSR count). The Morgan fingerprint density at radius 2 is 1.77 bits per heavy atom. The van der Waals surface area contributed by atoms with E-state index in [-0.39, 0.29) is 6.10 Å². The van der Waals surface area contributed by atoms with Crippen LogP contribution < -0.4 is 0 Å². The van der Waals surface area contributed by atoms with Crippen LogP contribution in [-0.4, -0.2) is 30.9 Å². The third kappa shape index (κ3) is 11.6. The lowest BCUT2D eigenvalue weighted by Crippen LogP contribution is -2.20. The van der Waals surface area contributed by atoms with Crippen molar-refractivity contribution in [3.05, 3.63) is 90.7 Å². The Morgan fingerprint density at radius 1 is 1.06 bits per heavy atom. The van der Waals surface area contributed by atoms with Crippen LogP contribution in [0.2, 0.25) is 0 Å². The fraction of sp³-hybridized carbons (Fsp3) is 0.516. The minimum absolute atomic E-state index is 0.0240. The average Bonchev–Trinajstić information content (AvgIpc) is 3.34. The molecule has 0 amide bonds. The second-order valence-corrected chi connectivity index (χ2v) is 8.25. The van der Waals surface area contributed by atoms with Crippen molar-refractivity contribution in [2.75, 3.05) is 13.7 Å². The highest BCUT2D eigenvalue weighted by Crippen LogP contribution is 2.32. The summed E-state index contributed by atoms with van der Waals surface area (Å²) >= 11 is 0. The Kier molecular flexibility index (Phi) is 17.1. The van der Waals surface area contributed by atoms with Crippen molar-refractivity contribution >= 4 is 0 Å². The van der Waals surface area contributed by atoms with E-state index >= 15 is 0 Å². The number of rotatable bonds is 11. The van der Waals surface area contributed by atoms with E-state index < -0.39 is 0 Å². The number of hydrogen-bond donors (Lipinski definition) is 0. The van der Waals surface area contributed by atoms with E-state index in [4.69, 9.17) is 14.2 Å². The molecule has 4 nitrogen and oxygen atoms in total. The molecule has 0 spiro atoms. The molecular formula is C31H47NO3. The van der Waals surface area contributed by atoms with E-state index in [0.29, 0.717) is 12.7 Å². The quantitative estimate of drug-likeness (QED) is 0.181. The Labute approximate surface area is 214 Å². The molecule has 1 aromatic rings. The summed E-state index contributed by atoms with van der Waals surface area (Å²) in [5.74, 6) is 1.89. The first-order chi connectivity index (χ1) is 17.3. The highest BCUT2D eigenvalue weighted by molar-refractivity contribution is 5.28. The number of nitrogens with zero attached hydrogens (tertiary/aromatic N) is 1. The molecule has 0 radical (unpaired) electrons. The van der Waals surface area contributed by atoms with Gasteiger partial charge in [0.2, 0.25) is 0 Å². The van der Waals surface area contributed by atoms with Gasteiger partial charge < -0.3 is 14.2 Å². The number of aromatic nitrogens is 1. The molecule has 0 bridgehead atoms. The first-order valence-corrected chi connectivity index (χ1v) is 13.2. The van der Waals surface area contributed by atoms with Crippen LogP contribution >= 0.6 is 0 Å². The Morgan fingerprint density at radius 3 is 2.43 bits per heavy atom. The second kappa shape index (κ2) is 19.7. The standard InChI is InChI=1S/C27H37NO3.C2H6.C2H4/c1-3-4-5-6-9-19-30-26(20-22-15-17-28-18-16-22)23-11-10-14-25(29-2)27(21-23)31-24-12-7-8-13-24;2*1-2/h3-6,15-18,21,24,26H,7-14,19-20H2,1-2H3;1-2H3;1-2H2/b4-3-,6-5-;;. The van der Waals surface area contributed by atoms with Gasteiger partial charge in [0, 0.05) is 25.2 Å². The highest BCUT2D eigenvalue weighted by atomic mass is 16.5. The number of allylic oxidation sites excluding steroid dienone is 5. The molecule has 0 aliphatic heterocycles. The lowest BCUT2D eigenvalue weighted by Gasteiger charge is -2.22. The molecule has 2 aliphatic carbocycles. The molecule has 1 saturated carbocycles. The van der Waals surface area contributed by atoms with Crippen molar-refractivity contribution in [2.24, 2.45) is 0 Å². The monoisotopic (exact) mass is 481 g/mol. The van der Waals surface area contributed by atoms with Crippen LogP contribution in [0, 0.1) is 0 Å². The van der Waals surface area contributed by atoms with Gasteiger partial charge in [-0.05, 0) is 81.2 Å². The molecule has 0 N–H and O–H groups in total. The maximum atomic E-state index is 6.43. The summed E-state index contributed by atoms with van der Waals surface area (Å²) in [5, 5.41) is 0. The third-order valence-corrected chi connectivity index (χ3v) is 5.93. The highest BCUT2D eigenvalue weighted by Gasteiger charge is 2.24. The van der Waals surface area contributed by atoms with Crippen LogP contribution in [0.25, 0.3) is 0 Å². The second-order valence-electron chi connectivity index (χ2n) is 8.25. The molecular weight excluding hydrogens is 434 g/mol. The van der Waals surface area contributed by atoms with Crippen molar-refractivity contribution in [3.8, 4) is 0 Å². The van der Waals surface area contributed by atoms with Crippen molar-refractivity contribution in [3.63, 3.8) is 0 Å². The minimum atomic E-state index is 0.0240. The van der Waals surface area contributed by atoms with Gasteiger partial charge >= 0.3 is 0 Å². The summed E-state index contributed by atoms with van der Waals surface area (Å²) in [6.45, 7) is 12.7. The SMILES string of the molecule is C/C=C\C=C/CCOC(Cc1ccncc1)C1=CC(OC2CCCC2)=C(OC)CCC1.C=C.CC. The van der Waals surface area contributed by atoms with Crippen LogP contribution in [0.5, 0.6) is 0 Å². The summed E-state index contributed by atoms with van der Waals surface area (Å²) in [4.78, 5) is 4.16. The predicted octanol–water partition coefficient (Wildman–Crippen LogP) is 8.29. The molecule has 35 heavy (non-hydrogen) atoms. The van der Waals surface area contributed by atoms with Crippen molar-refractivity contribution < 1.29 is 14.2 Å². The van der Waals surface area contributed by atoms with Crippen LogP contribution in [0.4, 0.5) is 0 Å². The van der Waals surface area contributed by atoms with Gasteiger partial charge in [0.05, 0.1) is 25.9 Å². The van der Waals surface area contributed by atoms with Gasteiger partial charge in [-0.15, -0.1) is 13.2 Å². The van der Waals surface area contributed by atoms with Gasteiger partial charge in [0.1, 0.15) is 5.76 Å². The smallest absolute Gasteiger partial charge is 0.157 e. The first kappa shape index (κ1) is 30.4. The van der Waals surface area contributed by atoms with Gasteiger partial charge in [0.15, 0.2) is 5.76 Å². The summed E-state index contributed by atoms with van der Waals surface area (Å²) in [6, 6.07) is 4.15. The molecule has 194 valence electrons. The number of hydrogen-bond acceptors (Lipinski definition) is 4. The topological polar surface area (TPSA) is 40.6 Å². The molecule has 4 heteroatoms. The normalized spacial score (nSPS) is 17.2. The van der Waals surface area contributed by atoms with E-state index in [0.717, 1.165) is 56.5 Å². The minimum Gasteiger partial charge on any atom is -0.497 e. The van der Waals surface area contributed by atoms with Gasteiger partial charge in [0.25, 0.3) is 0 Å². The maximum Gasteiger partial charge on any atom is 0.157 e. The van der Waals surface area contributed by atoms with Crippen molar-refractivity contribution in [1.82, 2.24) is 4.98 Å². The van der Waals surface area contributed by atoms with Crippen LogP contribution in [-0.2, 0) is 20.6 Å². The number of pyridine rings is 1. The molecule has 2 aliphatic rings. The summed E-state index contributed by atoms with van der Waals surface area (Å²) in [7, 11) is 1.76. The number of ether oxygens (including phenoxy) is 3. The van der Waals surface area contributed by atoms with Crippen LogP contribution in [0.15, 0.2) is 85.2 Å². The van der Waals surface area contributed by atoms with Crippen LogP contribution in [0.1, 0.15) is 77.7 Å². The molecule has 0 saturated heterocycles. The summed E-state index contributed by atoms with van der Waals surface area (Å²) < 4.78 is 18.6. The Balaban J connectivity index is 0.00000145. The molecule has 1 atom stereocenters. The van der Waals surface area contributed by atoms with Gasteiger partial charge in [-0.25, -0.2) is 0 Å². The van der Waals surface area contributed by atoms with Crippen LogP contribution in [0.3, 0.4) is 0 Å². The molecule has 1 fully saturated rings. The molecule has 0 aromatic carbocycles. The summed E-state index contributed by atoms with van der Waals surface area (Å²) in [6.07, 6.45) is 24.0. The van der Waals surface area contributed by atoms with Gasteiger partial charge in [-0.2, -0.15) is 0 Å². The zero-order valence-electron chi connectivity index (χ0n) is 22.5. The van der Waals surface area contributed by atoms with Crippen molar-refractivity contribution in [2.45, 2.75) is 90.8 Å². The molecule has 1 unspecified atom stereocenters. The fourth-order valence-corrected chi connectivity index (χ4v) is 4.23. The molecule has 1 heterocycles. The van der Waals surface area contributed by atoms with Gasteiger partial charge in [-0.3, -0.25) is 4.98 Å². The molecule has 1 aromatic heterocycles. The van der Waals surface area contributed by atoms with E-state index in [1.807, 2.05) is 45.3 Å². The Bertz CT molecular complexity index is 789. The average molecular weight is 482 g/mol. The van der Waals surface area contributed by atoms with Gasteiger partial charge in [-0.1, -0.05) is 38.2 Å². The largest absolute Gasteiger partial charge is 0.497 e. The third-order valence-electron chi connectivity index (χ3n) is 5.93. The fourth-order valence-electron chi connectivity index (χ4n) is 4.23. The van der Waals surface area contributed by atoms with Crippen molar-refractivity contribution in [1.29, 1.82) is 0 Å². The zero-order chi connectivity index (χ0) is 25.7. The number of methoxy groups -OCH3 is 1. The van der Waals surface area contributed by atoms with E-state index in [1.165, 1.54) is 24.0 Å². The lowest BCUT2D eigenvalue weighted by atomic mass is 9.98. The first-order valence-electron chi connectivity index (χ1n) is 13.2. The Hall–Kier alpha value is -2.59. The van der Waals surface area contributed by atoms with E-state index in [2.05, 4.69) is 48.5 Å².